The zero-order chi connectivity index (χ0) is 16.2. The van der Waals surface area contributed by atoms with Crippen LogP contribution < -0.4 is 5.32 Å². The number of amides is 1. The van der Waals surface area contributed by atoms with Gasteiger partial charge < -0.3 is 5.32 Å². The predicted molar refractivity (Wildman–Crippen MR) is 89.5 cm³/mol. The van der Waals surface area contributed by atoms with Crippen molar-refractivity contribution >= 4 is 44.0 Å². The van der Waals surface area contributed by atoms with Gasteiger partial charge in [0.25, 0.3) is 5.91 Å². The maximum atomic E-state index is 13.0. The van der Waals surface area contributed by atoms with Crippen LogP contribution in [-0.4, -0.2) is 31.7 Å². The van der Waals surface area contributed by atoms with Crippen LogP contribution in [0, 0.1) is 0 Å². The van der Waals surface area contributed by atoms with Gasteiger partial charge in [0.15, 0.2) is 0 Å². The van der Waals surface area contributed by atoms with Crippen molar-refractivity contribution in [3.8, 4) is 0 Å². The lowest BCUT2D eigenvalue weighted by Gasteiger charge is -2.26. The molecule has 1 fully saturated rings. The minimum absolute atomic E-state index is 0.182. The van der Waals surface area contributed by atoms with Crippen LogP contribution in [0.1, 0.15) is 29.6 Å². The van der Waals surface area contributed by atoms with Crippen molar-refractivity contribution in [2.75, 3.05) is 18.4 Å². The van der Waals surface area contributed by atoms with Gasteiger partial charge in [-0.15, -0.1) is 0 Å². The van der Waals surface area contributed by atoms with E-state index < -0.39 is 10.0 Å². The van der Waals surface area contributed by atoms with Gasteiger partial charge in [-0.25, -0.2) is 8.42 Å². The van der Waals surface area contributed by atoms with E-state index in [-0.39, 0.29) is 15.8 Å². The number of rotatable bonds is 2. The second-order valence-corrected chi connectivity index (χ2v) is 8.19. The zero-order valence-electron chi connectivity index (χ0n) is 12.3. The molecule has 0 unspecified atom stereocenters. The van der Waals surface area contributed by atoms with Gasteiger partial charge in [-0.1, -0.05) is 30.2 Å². The van der Waals surface area contributed by atoms with Gasteiger partial charge in [0, 0.05) is 29.4 Å². The first-order valence-electron chi connectivity index (χ1n) is 7.57. The highest BCUT2D eigenvalue weighted by molar-refractivity contribution is 7.89. The van der Waals surface area contributed by atoms with E-state index in [1.807, 2.05) is 0 Å². The number of piperidine rings is 1. The standard InChI is InChI=1S/C16H15ClN2O3S/c17-12-9-13(23(21,22)19-7-2-1-3-8-19)10-5-4-6-11-14(10)15(12)18-16(11)20/h4-6,9H,1-3,7-8H2,(H,18,20). The van der Waals surface area contributed by atoms with Crippen molar-refractivity contribution in [1.82, 2.24) is 4.31 Å². The van der Waals surface area contributed by atoms with Crippen LogP contribution in [0.4, 0.5) is 5.69 Å². The lowest BCUT2D eigenvalue weighted by atomic mass is 10.1. The van der Waals surface area contributed by atoms with Crippen molar-refractivity contribution in [3.63, 3.8) is 0 Å². The molecule has 7 heteroatoms. The monoisotopic (exact) mass is 350 g/mol. The van der Waals surface area contributed by atoms with Crippen LogP contribution in [0.25, 0.3) is 10.8 Å². The van der Waals surface area contributed by atoms with E-state index in [1.54, 1.807) is 18.2 Å². The van der Waals surface area contributed by atoms with Crippen LogP contribution in [0.2, 0.25) is 5.02 Å². The van der Waals surface area contributed by atoms with Gasteiger partial charge in [0.1, 0.15) is 0 Å². The van der Waals surface area contributed by atoms with E-state index in [9.17, 15) is 13.2 Å². The molecule has 2 aromatic rings. The summed E-state index contributed by atoms with van der Waals surface area (Å²) in [6, 6.07) is 6.57. The number of carbonyl (C=O) groups excluding carboxylic acids is 1. The van der Waals surface area contributed by atoms with E-state index in [0.717, 1.165) is 19.3 Å². The Labute approximate surface area is 139 Å². The number of halogens is 1. The largest absolute Gasteiger partial charge is 0.320 e. The number of carbonyl (C=O) groups is 1. The summed E-state index contributed by atoms with van der Waals surface area (Å²) in [4.78, 5) is 12.2. The molecule has 0 radical (unpaired) electrons. The number of hydrogen-bond donors (Lipinski definition) is 1. The van der Waals surface area contributed by atoms with Crippen LogP contribution in [-0.2, 0) is 10.0 Å². The summed E-state index contributed by atoms with van der Waals surface area (Å²) >= 11 is 6.25. The Balaban J connectivity index is 1.99. The molecule has 2 aliphatic heterocycles. The first-order chi connectivity index (χ1) is 11.0. The van der Waals surface area contributed by atoms with Crippen molar-refractivity contribution in [3.05, 3.63) is 34.9 Å². The smallest absolute Gasteiger partial charge is 0.256 e. The van der Waals surface area contributed by atoms with Gasteiger partial charge in [-0.3, -0.25) is 4.79 Å². The molecule has 0 spiro atoms. The molecular formula is C16H15ClN2O3S. The zero-order valence-corrected chi connectivity index (χ0v) is 13.9. The Kier molecular flexibility index (Phi) is 3.37. The topological polar surface area (TPSA) is 66.5 Å². The Morgan fingerprint density at radius 1 is 1.13 bits per heavy atom. The van der Waals surface area contributed by atoms with Crippen molar-refractivity contribution in [2.45, 2.75) is 24.2 Å². The van der Waals surface area contributed by atoms with E-state index in [1.165, 1.54) is 10.4 Å². The Bertz CT molecular complexity index is 934. The molecule has 2 aliphatic rings. The number of sulfonamides is 1. The van der Waals surface area contributed by atoms with E-state index in [0.29, 0.717) is 35.1 Å². The molecule has 0 atom stereocenters. The molecule has 1 amide bonds. The highest BCUT2D eigenvalue weighted by atomic mass is 35.5. The van der Waals surface area contributed by atoms with Crippen LogP contribution in [0.5, 0.6) is 0 Å². The third-order valence-corrected chi connectivity index (χ3v) is 6.73. The first-order valence-corrected chi connectivity index (χ1v) is 9.38. The number of hydrogen-bond acceptors (Lipinski definition) is 3. The minimum Gasteiger partial charge on any atom is -0.320 e. The average Bonchev–Trinajstić information content (AvgIpc) is 2.90. The maximum Gasteiger partial charge on any atom is 0.256 e. The first kappa shape index (κ1) is 14.9. The van der Waals surface area contributed by atoms with E-state index >= 15 is 0 Å². The van der Waals surface area contributed by atoms with Crippen LogP contribution in [0.15, 0.2) is 29.2 Å². The fourth-order valence-electron chi connectivity index (χ4n) is 3.36. The number of nitrogens with zero attached hydrogens (tertiary/aromatic N) is 1. The summed E-state index contributed by atoms with van der Waals surface area (Å²) in [5.74, 6) is -0.250. The number of anilines is 1. The molecule has 5 nitrogen and oxygen atoms in total. The Morgan fingerprint density at radius 3 is 2.61 bits per heavy atom. The van der Waals surface area contributed by atoms with E-state index in [2.05, 4.69) is 5.32 Å². The van der Waals surface area contributed by atoms with E-state index in [4.69, 9.17) is 11.6 Å². The molecule has 0 bridgehead atoms. The quantitative estimate of drug-likeness (QED) is 0.904. The molecule has 2 heterocycles. The summed E-state index contributed by atoms with van der Waals surface area (Å²) in [6.07, 6.45) is 2.79. The second kappa shape index (κ2) is 5.19. The summed E-state index contributed by atoms with van der Waals surface area (Å²) in [7, 11) is -3.62. The normalized spacial score (nSPS) is 18.4. The predicted octanol–water partition coefficient (Wildman–Crippen LogP) is 3.23. The summed E-state index contributed by atoms with van der Waals surface area (Å²) in [5, 5.41) is 4.12. The Morgan fingerprint density at radius 2 is 1.87 bits per heavy atom. The molecule has 23 heavy (non-hydrogen) atoms. The molecule has 1 N–H and O–H groups in total. The fourth-order valence-corrected chi connectivity index (χ4v) is 5.41. The molecule has 1 saturated heterocycles. The second-order valence-electron chi connectivity index (χ2n) is 5.88. The molecule has 0 aliphatic carbocycles. The maximum absolute atomic E-state index is 13.0. The fraction of sp³-hybridized carbons (Fsp3) is 0.312. The summed E-state index contributed by atoms with van der Waals surface area (Å²) in [6.45, 7) is 1.06. The van der Waals surface area contributed by atoms with Gasteiger partial charge in [-0.05, 0) is 25.0 Å². The molecule has 0 saturated carbocycles. The van der Waals surface area contributed by atoms with Gasteiger partial charge >= 0.3 is 0 Å². The van der Waals surface area contributed by atoms with Crippen molar-refractivity contribution < 1.29 is 13.2 Å². The number of nitrogens with one attached hydrogen (secondary N) is 1. The molecular weight excluding hydrogens is 336 g/mol. The van der Waals surface area contributed by atoms with Crippen LogP contribution in [0.3, 0.4) is 0 Å². The molecule has 0 aromatic heterocycles. The summed E-state index contributed by atoms with van der Waals surface area (Å²) < 4.78 is 27.6. The number of benzene rings is 2. The van der Waals surface area contributed by atoms with Gasteiger partial charge in [0.2, 0.25) is 10.0 Å². The molecule has 120 valence electrons. The SMILES string of the molecule is O=C1Nc2c(Cl)cc(S(=O)(=O)N3CCCCC3)c3cccc1c23. The third kappa shape index (κ3) is 2.16. The van der Waals surface area contributed by atoms with Crippen molar-refractivity contribution in [2.24, 2.45) is 0 Å². The van der Waals surface area contributed by atoms with Crippen molar-refractivity contribution in [1.29, 1.82) is 0 Å². The molecule has 4 rings (SSSR count). The summed E-state index contributed by atoms with van der Waals surface area (Å²) in [5.41, 5.74) is 0.968. The highest BCUT2D eigenvalue weighted by Gasteiger charge is 2.32. The average molecular weight is 351 g/mol. The lowest BCUT2D eigenvalue weighted by molar-refractivity contribution is 0.103. The van der Waals surface area contributed by atoms with Gasteiger partial charge in [0.05, 0.1) is 15.6 Å². The van der Waals surface area contributed by atoms with Crippen LogP contribution >= 0.6 is 11.6 Å². The lowest BCUT2D eigenvalue weighted by Crippen LogP contribution is -2.35. The van der Waals surface area contributed by atoms with Gasteiger partial charge in [-0.2, -0.15) is 4.31 Å². The highest BCUT2D eigenvalue weighted by Crippen LogP contribution is 2.42. The third-order valence-electron chi connectivity index (χ3n) is 4.49. The molecule has 2 aromatic carbocycles. The minimum atomic E-state index is -3.62. The Hall–Kier alpha value is -1.63.